The molecule has 0 amide bonds. The van der Waals surface area contributed by atoms with Crippen LogP contribution in [0, 0.1) is 0 Å². The third-order valence-electron chi connectivity index (χ3n) is 2.85. The molecular formula is C14H12N2O2. The van der Waals surface area contributed by atoms with Crippen LogP contribution in [0.3, 0.4) is 0 Å². The topological polar surface area (TPSA) is 44.2 Å². The fraction of sp³-hybridized carbons (Fsp3) is 0.143. The van der Waals surface area contributed by atoms with Crippen LogP contribution in [-0.4, -0.2) is 24.2 Å². The van der Waals surface area contributed by atoms with Crippen molar-refractivity contribution < 1.29 is 9.47 Å². The average molecular weight is 240 g/mol. The van der Waals surface area contributed by atoms with Crippen LogP contribution in [0.4, 0.5) is 0 Å². The van der Waals surface area contributed by atoms with Crippen molar-refractivity contribution in [2.75, 3.05) is 14.2 Å². The first-order valence-electron chi connectivity index (χ1n) is 5.61. The lowest BCUT2D eigenvalue weighted by Crippen LogP contribution is -1.95. The number of hydrogen-bond acceptors (Lipinski definition) is 4. The van der Waals surface area contributed by atoms with Crippen molar-refractivity contribution in [3.8, 4) is 11.5 Å². The number of nitrogens with zero attached hydrogens (tertiary/aromatic N) is 2. The molecule has 3 aromatic rings. The molecule has 4 heteroatoms. The monoisotopic (exact) mass is 240 g/mol. The van der Waals surface area contributed by atoms with E-state index in [4.69, 9.17) is 9.47 Å². The highest BCUT2D eigenvalue weighted by Gasteiger charge is 2.11. The van der Waals surface area contributed by atoms with Crippen LogP contribution in [-0.2, 0) is 0 Å². The van der Waals surface area contributed by atoms with Crippen LogP contribution in [0.5, 0.6) is 11.5 Å². The molecule has 4 nitrogen and oxygen atoms in total. The Morgan fingerprint density at radius 2 is 1.50 bits per heavy atom. The van der Waals surface area contributed by atoms with Gasteiger partial charge in [0, 0.05) is 0 Å². The van der Waals surface area contributed by atoms with E-state index in [1.54, 1.807) is 14.2 Å². The third-order valence-corrected chi connectivity index (χ3v) is 2.85. The van der Waals surface area contributed by atoms with Crippen LogP contribution in [0.1, 0.15) is 0 Å². The standard InChI is InChI=1S/C14H12N2O2/c1-17-12-8-7-11-13(14(12)18-2)16-10-6-4-3-5-9(10)15-11/h3-8H,1-2H3. The number of aromatic nitrogens is 2. The van der Waals surface area contributed by atoms with E-state index in [9.17, 15) is 0 Å². The van der Waals surface area contributed by atoms with Gasteiger partial charge in [0.1, 0.15) is 5.52 Å². The Kier molecular flexibility index (Phi) is 2.48. The summed E-state index contributed by atoms with van der Waals surface area (Å²) in [6.07, 6.45) is 0. The molecule has 0 unspecified atom stereocenters. The van der Waals surface area contributed by atoms with Gasteiger partial charge in [0.15, 0.2) is 11.5 Å². The minimum Gasteiger partial charge on any atom is -0.493 e. The molecule has 0 spiro atoms. The maximum absolute atomic E-state index is 5.37. The Bertz CT molecular complexity index is 725. The molecule has 1 heterocycles. The van der Waals surface area contributed by atoms with Gasteiger partial charge in [-0.2, -0.15) is 0 Å². The molecule has 0 aliphatic rings. The largest absolute Gasteiger partial charge is 0.493 e. The molecule has 1 aromatic heterocycles. The number of benzene rings is 2. The fourth-order valence-electron chi connectivity index (χ4n) is 2.00. The van der Waals surface area contributed by atoms with Gasteiger partial charge in [0.2, 0.25) is 0 Å². The lowest BCUT2D eigenvalue weighted by atomic mass is 10.2. The van der Waals surface area contributed by atoms with Crippen LogP contribution in [0.25, 0.3) is 22.1 Å². The summed E-state index contributed by atoms with van der Waals surface area (Å²) in [5.41, 5.74) is 3.23. The second kappa shape index (κ2) is 4.14. The Hall–Kier alpha value is -2.36. The number of ether oxygens (including phenoxy) is 2. The molecule has 0 aliphatic carbocycles. The summed E-state index contributed by atoms with van der Waals surface area (Å²) in [6.45, 7) is 0. The van der Waals surface area contributed by atoms with Gasteiger partial charge in [-0.05, 0) is 24.3 Å². The molecule has 0 saturated carbocycles. The van der Waals surface area contributed by atoms with Crippen LogP contribution in [0.2, 0.25) is 0 Å². The highest BCUT2D eigenvalue weighted by Crippen LogP contribution is 2.34. The summed E-state index contributed by atoms with van der Waals surface area (Å²) >= 11 is 0. The first-order chi connectivity index (χ1) is 8.83. The van der Waals surface area contributed by atoms with Crippen molar-refractivity contribution in [3.63, 3.8) is 0 Å². The maximum atomic E-state index is 5.37. The Labute approximate surface area is 104 Å². The Morgan fingerprint density at radius 3 is 2.17 bits per heavy atom. The van der Waals surface area contributed by atoms with Gasteiger partial charge in [0.05, 0.1) is 30.8 Å². The van der Waals surface area contributed by atoms with Crippen LogP contribution < -0.4 is 9.47 Å². The summed E-state index contributed by atoms with van der Waals surface area (Å²) < 4.78 is 10.6. The zero-order chi connectivity index (χ0) is 12.5. The average Bonchev–Trinajstić information content (AvgIpc) is 2.43. The molecule has 0 atom stereocenters. The van der Waals surface area contributed by atoms with Crippen molar-refractivity contribution in [2.45, 2.75) is 0 Å². The van der Waals surface area contributed by atoms with Crippen molar-refractivity contribution in [2.24, 2.45) is 0 Å². The maximum Gasteiger partial charge on any atom is 0.188 e. The minimum atomic E-state index is 0.619. The van der Waals surface area contributed by atoms with E-state index in [0.717, 1.165) is 22.1 Å². The first kappa shape index (κ1) is 10.8. The van der Waals surface area contributed by atoms with E-state index in [2.05, 4.69) is 9.97 Å². The summed E-state index contributed by atoms with van der Waals surface area (Å²) in [4.78, 5) is 9.15. The molecule has 0 bridgehead atoms. The molecule has 0 saturated heterocycles. The predicted molar refractivity (Wildman–Crippen MR) is 70.1 cm³/mol. The highest BCUT2D eigenvalue weighted by molar-refractivity contribution is 5.91. The SMILES string of the molecule is COc1ccc2nc3ccccc3nc2c1OC. The number of hydrogen-bond donors (Lipinski definition) is 0. The minimum absolute atomic E-state index is 0.619. The number of methoxy groups -OCH3 is 2. The quantitative estimate of drug-likeness (QED) is 0.646. The summed E-state index contributed by atoms with van der Waals surface area (Å²) in [5, 5.41) is 0. The smallest absolute Gasteiger partial charge is 0.188 e. The summed E-state index contributed by atoms with van der Waals surface area (Å²) in [5.74, 6) is 1.28. The normalized spacial score (nSPS) is 10.8. The molecule has 18 heavy (non-hydrogen) atoms. The summed E-state index contributed by atoms with van der Waals surface area (Å²) in [6, 6.07) is 11.5. The lowest BCUT2D eigenvalue weighted by Gasteiger charge is -2.10. The van der Waals surface area contributed by atoms with E-state index in [1.165, 1.54) is 0 Å². The zero-order valence-electron chi connectivity index (χ0n) is 10.2. The van der Waals surface area contributed by atoms with Gasteiger partial charge >= 0.3 is 0 Å². The molecule has 0 fully saturated rings. The van der Waals surface area contributed by atoms with E-state index in [1.807, 2.05) is 36.4 Å². The van der Waals surface area contributed by atoms with Crippen molar-refractivity contribution >= 4 is 22.1 Å². The Balaban J connectivity index is 2.42. The predicted octanol–water partition coefficient (Wildman–Crippen LogP) is 2.80. The number of fused-ring (bicyclic) bond motifs is 2. The van der Waals surface area contributed by atoms with Gasteiger partial charge in [0.25, 0.3) is 0 Å². The van der Waals surface area contributed by atoms with E-state index in [-0.39, 0.29) is 0 Å². The molecule has 90 valence electrons. The number of para-hydroxylation sites is 2. The zero-order valence-corrected chi connectivity index (χ0v) is 10.2. The highest BCUT2D eigenvalue weighted by atomic mass is 16.5. The Morgan fingerprint density at radius 1 is 0.778 bits per heavy atom. The molecular weight excluding hydrogens is 228 g/mol. The second-order valence-corrected chi connectivity index (χ2v) is 3.88. The molecule has 0 N–H and O–H groups in total. The van der Waals surface area contributed by atoms with Crippen molar-refractivity contribution in [3.05, 3.63) is 36.4 Å². The molecule has 0 aliphatic heterocycles. The van der Waals surface area contributed by atoms with Gasteiger partial charge in [-0.1, -0.05) is 12.1 Å². The fourth-order valence-corrected chi connectivity index (χ4v) is 2.00. The van der Waals surface area contributed by atoms with E-state index >= 15 is 0 Å². The van der Waals surface area contributed by atoms with Gasteiger partial charge in [-0.25, -0.2) is 9.97 Å². The molecule has 3 rings (SSSR count). The van der Waals surface area contributed by atoms with Crippen molar-refractivity contribution in [1.82, 2.24) is 9.97 Å². The third kappa shape index (κ3) is 1.54. The van der Waals surface area contributed by atoms with E-state index in [0.29, 0.717) is 11.5 Å². The van der Waals surface area contributed by atoms with Gasteiger partial charge in [-0.3, -0.25) is 0 Å². The molecule has 2 aromatic carbocycles. The van der Waals surface area contributed by atoms with Crippen LogP contribution in [0.15, 0.2) is 36.4 Å². The summed E-state index contributed by atoms with van der Waals surface area (Å²) in [7, 11) is 3.21. The second-order valence-electron chi connectivity index (χ2n) is 3.88. The molecule has 0 radical (unpaired) electrons. The van der Waals surface area contributed by atoms with Gasteiger partial charge in [-0.15, -0.1) is 0 Å². The number of rotatable bonds is 2. The van der Waals surface area contributed by atoms with Crippen molar-refractivity contribution in [1.29, 1.82) is 0 Å². The first-order valence-corrected chi connectivity index (χ1v) is 5.61. The lowest BCUT2D eigenvalue weighted by molar-refractivity contribution is 0.358. The van der Waals surface area contributed by atoms with Crippen LogP contribution >= 0.6 is 0 Å². The van der Waals surface area contributed by atoms with E-state index < -0.39 is 0 Å². The van der Waals surface area contributed by atoms with Gasteiger partial charge < -0.3 is 9.47 Å².